The first-order valence-corrected chi connectivity index (χ1v) is 6.37. The molecule has 0 saturated carbocycles. The first-order valence-electron chi connectivity index (χ1n) is 5.99. The molecule has 1 N–H and O–H groups in total. The van der Waals surface area contributed by atoms with Gasteiger partial charge in [-0.1, -0.05) is 25.4 Å². The highest BCUT2D eigenvalue weighted by molar-refractivity contribution is 6.30. The van der Waals surface area contributed by atoms with E-state index in [-0.39, 0.29) is 39.5 Å². The lowest BCUT2D eigenvalue weighted by molar-refractivity contribution is -0.384. The number of halogens is 1. The van der Waals surface area contributed by atoms with Crippen LogP contribution in [0, 0.1) is 10.1 Å². The van der Waals surface area contributed by atoms with Crippen molar-refractivity contribution in [1.29, 1.82) is 0 Å². The maximum atomic E-state index is 11.2. The van der Waals surface area contributed by atoms with E-state index in [9.17, 15) is 14.9 Å². The van der Waals surface area contributed by atoms with Crippen LogP contribution in [0.2, 0.25) is 5.02 Å². The number of nitrogens with zero attached hydrogens (tertiary/aromatic N) is 2. The molecule has 0 saturated heterocycles. The van der Waals surface area contributed by atoms with E-state index in [0.717, 1.165) is 6.07 Å². The molecule has 1 aromatic carbocycles. The van der Waals surface area contributed by atoms with Gasteiger partial charge in [-0.25, -0.2) is 9.78 Å². The second-order valence-corrected chi connectivity index (χ2v) is 5.05. The number of carbonyl (C=O) groups is 1. The summed E-state index contributed by atoms with van der Waals surface area (Å²) in [7, 11) is 0. The fourth-order valence-corrected chi connectivity index (χ4v) is 1.99. The predicted molar refractivity (Wildman–Crippen MR) is 74.7 cm³/mol. The third-order valence-electron chi connectivity index (χ3n) is 2.78. The van der Waals surface area contributed by atoms with Gasteiger partial charge in [0.2, 0.25) is 11.7 Å². The van der Waals surface area contributed by atoms with E-state index in [1.165, 1.54) is 12.1 Å². The molecule has 8 heteroatoms. The molecule has 0 aliphatic carbocycles. The number of rotatable bonds is 4. The second-order valence-electron chi connectivity index (χ2n) is 4.61. The monoisotopic (exact) mass is 310 g/mol. The summed E-state index contributed by atoms with van der Waals surface area (Å²) in [5.74, 6) is -1.89. The molecule has 0 aliphatic heterocycles. The van der Waals surface area contributed by atoms with Gasteiger partial charge in [0, 0.05) is 11.1 Å². The maximum absolute atomic E-state index is 11.2. The van der Waals surface area contributed by atoms with E-state index in [2.05, 4.69) is 4.98 Å². The van der Waals surface area contributed by atoms with E-state index >= 15 is 0 Å². The summed E-state index contributed by atoms with van der Waals surface area (Å²) in [6.07, 6.45) is 0. The van der Waals surface area contributed by atoms with Crippen molar-refractivity contribution in [1.82, 2.24) is 4.98 Å². The zero-order valence-electron chi connectivity index (χ0n) is 11.2. The van der Waals surface area contributed by atoms with Crippen LogP contribution in [0.25, 0.3) is 11.5 Å². The van der Waals surface area contributed by atoms with Crippen LogP contribution in [0.15, 0.2) is 22.6 Å². The smallest absolute Gasteiger partial charge is 0.373 e. The fraction of sp³-hybridized carbons (Fsp3) is 0.231. The normalized spacial score (nSPS) is 10.9. The van der Waals surface area contributed by atoms with Crippen LogP contribution in [-0.4, -0.2) is 21.0 Å². The molecule has 1 aromatic heterocycles. The van der Waals surface area contributed by atoms with Gasteiger partial charge in [-0.3, -0.25) is 10.1 Å². The van der Waals surface area contributed by atoms with Gasteiger partial charge in [0.15, 0.2) is 0 Å². The molecule has 0 radical (unpaired) electrons. The van der Waals surface area contributed by atoms with Crippen molar-refractivity contribution in [2.24, 2.45) is 0 Å². The average molecular weight is 311 g/mol. The van der Waals surface area contributed by atoms with Gasteiger partial charge in [0.05, 0.1) is 10.6 Å². The highest BCUT2D eigenvalue weighted by Gasteiger charge is 2.26. The molecule has 0 atom stereocenters. The summed E-state index contributed by atoms with van der Waals surface area (Å²) in [5.41, 5.74) is 0.0246. The Morgan fingerprint density at radius 2 is 2.14 bits per heavy atom. The number of oxazole rings is 1. The van der Waals surface area contributed by atoms with Gasteiger partial charge in [-0.15, -0.1) is 0 Å². The minimum atomic E-state index is -1.27. The average Bonchev–Trinajstić information content (AvgIpc) is 2.83. The van der Waals surface area contributed by atoms with Crippen LogP contribution in [0.3, 0.4) is 0 Å². The maximum Gasteiger partial charge on any atom is 0.373 e. The van der Waals surface area contributed by atoms with Crippen molar-refractivity contribution in [3.63, 3.8) is 0 Å². The van der Waals surface area contributed by atoms with Crippen LogP contribution in [0.4, 0.5) is 5.69 Å². The third-order valence-corrected chi connectivity index (χ3v) is 3.02. The molecule has 0 amide bonds. The molecular weight excluding hydrogens is 300 g/mol. The molecule has 0 aliphatic rings. The summed E-state index contributed by atoms with van der Waals surface area (Å²) in [4.78, 5) is 25.7. The van der Waals surface area contributed by atoms with Crippen molar-refractivity contribution in [2.75, 3.05) is 0 Å². The van der Waals surface area contributed by atoms with E-state index in [1.54, 1.807) is 13.8 Å². The summed E-state index contributed by atoms with van der Waals surface area (Å²) in [6, 6.07) is 3.99. The number of hydrogen-bond acceptors (Lipinski definition) is 5. The Bertz CT molecular complexity index is 723. The van der Waals surface area contributed by atoms with Crippen molar-refractivity contribution in [2.45, 2.75) is 19.8 Å². The summed E-state index contributed by atoms with van der Waals surface area (Å²) < 4.78 is 5.20. The summed E-state index contributed by atoms with van der Waals surface area (Å²) in [5, 5.41) is 20.4. The number of benzene rings is 1. The molecule has 21 heavy (non-hydrogen) atoms. The van der Waals surface area contributed by atoms with E-state index in [4.69, 9.17) is 21.1 Å². The largest absolute Gasteiger partial charge is 0.475 e. The van der Waals surface area contributed by atoms with Gasteiger partial charge in [-0.05, 0) is 18.1 Å². The zero-order valence-corrected chi connectivity index (χ0v) is 11.9. The number of nitro groups is 1. The lowest BCUT2D eigenvalue weighted by atomic mass is 10.1. The molecule has 2 rings (SSSR count). The van der Waals surface area contributed by atoms with Crippen molar-refractivity contribution in [3.8, 4) is 11.5 Å². The van der Waals surface area contributed by atoms with Gasteiger partial charge < -0.3 is 9.52 Å². The second kappa shape index (κ2) is 5.53. The lowest BCUT2D eigenvalue weighted by Crippen LogP contribution is -2.01. The van der Waals surface area contributed by atoms with Crippen LogP contribution in [0.5, 0.6) is 0 Å². The Morgan fingerprint density at radius 3 is 2.62 bits per heavy atom. The molecular formula is C13H11ClN2O5. The number of hydrogen-bond donors (Lipinski definition) is 1. The Hall–Kier alpha value is -2.41. The van der Waals surface area contributed by atoms with Crippen molar-refractivity contribution < 1.29 is 19.2 Å². The molecule has 0 spiro atoms. The van der Waals surface area contributed by atoms with Gasteiger partial charge in [-0.2, -0.15) is 0 Å². The molecule has 7 nitrogen and oxygen atoms in total. The molecule has 110 valence electrons. The van der Waals surface area contributed by atoms with E-state index in [0.29, 0.717) is 0 Å². The third kappa shape index (κ3) is 2.87. The fourth-order valence-electron chi connectivity index (χ4n) is 1.83. The Balaban J connectivity index is 2.65. The summed E-state index contributed by atoms with van der Waals surface area (Å²) in [6.45, 7) is 3.51. The topological polar surface area (TPSA) is 106 Å². The minimum Gasteiger partial charge on any atom is -0.475 e. The Morgan fingerprint density at radius 1 is 1.48 bits per heavy atom. The lowest BCUT2D eigenvalue weighted by Gasteiger charge is -1.99. The quantitative estimate of drug-likeness (QED) is 0.681. The molecule has 0 bridgehead atoms. The summed E-state index contributed by atoms with van der Waals surface area (Å²) >= 11 is 5.74. The van der Waals surface area contributed by atoms with Gasteiger partial charge >= 0.3 is 5.97 Å². The Kier molecular flexibility index (Phi) is 3.95. The van der Waals surface area contributed by atoms with Crippen LogP contribution >= 0.6 is 11.6 Å². The minimum absolute atomic E-state index is 0.0822. The molecule has 1 heterocycles. The number of aromatic nitrogens is 1. The standard InChI is InChI=1S/C13H11ClN2O5/c1-6(2)10-11(13(17)18)21-12(15-10)8-4-3-7(14)5-9(8)16(19)20/h3-6H,1-2H3,(H,17,18). The highest BCUT2D eigenvalue weighted by Crippen LogP contribution is 2.34. The number of carboxylic acid groups (broad SMARTS) is 1. The SMILES string of the molecule is CC(C)c1nc(-c2ccc(Cl)cc2[N+](=O)[O-])oc1C(=O)O. The number of carboxylic acids is 1. The van der Waals surface area contributed by atoms with Crippen LogP contribution < -0.4 is 0 Å². The van der Waals surface area contributed by atoms with Gasteiger partial charge in [0.25, 0.3) is 5.69 Å². The van der Waals surface area contributed by atoms with Crippen LogP contribution in [0.1, 0.15) is 36.0 Å². The highest BCUT2D eigenvalue weighted by atomic mass is 35.5. The number of nitro benzene ring substituents is 1. The molecule has 0 unspecified atom stereocenters. The predicted octanol–water partition coefficient (Wildman–Crippen LogP) is 3.72. The van der Waals surface area contributed by atoms with Gasteiger partial charge in [0.1, 0.15) is 5.56 Å². The first kappa shape index (κ1) is 15.0. The van der Waals surface area contributed by atoms with Crippen molar-refractivity contribution in [3.05, 3.63) is 44.8 Å². The van der Waals surface area contributed by atoms with Crippen LogP contribution in [-0.2, 0) is 0 Å². The number of aromatic carboxylic acids is 1. The van der Waals surface area contributed by atoms with E-state index in [1.807, 2.05) is 0 Å². The first-order chi connectivity index (χ1) is 9.81. The van der Waals surface area contributed by atoms with Crippen molar-refractivity contribution >= 4 is 23.3 Å². The molecule has 0 fully saturated rings. The Labute approximate surface area is 124 Å². The molecule has 2 aromatic rings. The van der Waals surface area contributed by atoms with E-state index < -0.39 is 10.9 Å². The zero-order chi connectivity index (χ0) is 15.7.